The van der Waals surface area contributed by atoms with Crippen LogP contribution in [0.15, 0.2) is 36.4 Å². The number of carboxylic acid groups (broad SMARTS) is 1. The maximum atomic E-state index is 12.9. The normalized spacial score (nSPS) is 18.1. The molecule has 0 aliphatic carbocycles. The van der Waals surface area contributed by atoms with Gasteiger partial charge in [0, 0.05) is 40.8 Å². The number of amides is 1. The Morgan fingerprint density at radius 3 is 2.50 bits per heavy atom. The molecule has 0 saturated heterocycles. The van der Waals surface area contributed by atoms with Crippen LogP contribution in [0.5, 0.6) is 0 Å². The number of fused-ring (bicyclic) bond motifs is 1. The third-order valence-electron chi connectivity index (χ3n) is 4.96. The van der Waals surface area contributed by atoms with E-state index in [1.165, 1.54) is 4.90 Å². The molecule has 1 unspecified atom stereocenters. The third-order valence-corrected chi connectivity index (χ3v) is 5.51. The molecular formula is C20H21Cl2N3O3. The third kappa shape index (κ3) is 3.55. The number of benzene rings is 2. The number of nitrogens with two attached hydrogens (primary N) is 1. The van der Waals surface area contributed by atoms with Gasteiger partial charge in [-0.1, -0.05) is 42.3 Å². The van der Waals surface area contributed by atoms with E-state index in [-0.39, 0.29) is 18.7 Å². The Hall–Kier alpha value is -2.28. The minimum absolute atomic E-state index is 0.151. The molecule has 0 fully saturated rings. The van der Waals surface area contributed by atoms with Crippen molar-refractivity contribution in [3.8, 4) is 0 Å². The number of hydrogen-bond acceptors (Lipinski definition) is 4. The number of carbonyl (C=O) groups is 2. The van der Waals surface area contributed by atoms with Crippen LogP contribution in [-0.4, -0.2) is 22.6 Å². The summed E-state index contributed by atoms with van der Waals surface area (Å²) in [6.45, 7) is 2.05. The molecule has 1 amide bonds. The average Bonchev–Trinajstić information content (AvgIpc) is 2.67. The van der Waals surface area contributed by atoms with Gasteiger partial charge < -0.3 is 16.2 Å². The molecular weight excluding hydrogens is 401 g/mol. The van der Waals surface area contributed by atoms with Crippen LogP contribution in [0.1, 0.15) is 30.9 Å². The maximum absolute atomic E-state index is 12.9. The van der Waals surface area contributed by atoms with Gasteiger partial charge in [-0.25, -0.2) is 4.79 Å². The summed E-state index contributed by atoms with van der Waals surface area (Å²) in [5, 5.41) is 14.1. The molecule has 0 saturated carbocycles. The van der Waals surface area contributed by atoms with Gasteiger partial charge in [0.05, 0.1) is 0 Å². The van der Waals surface area contributed by atoms with Crippen molar-refractivity contribution in [1.82, 2.24) is 0 Å². The molecule has 1 aliphatic rings. The number of anilines is 2. The summed E-state index contributed by atoms with van der Waals surface area (Å²) in [5.41, 5.74) is 6.66. The Bertz CT molecular complexity index is 918. The monoisotopic (exact) mass is 421 g/mol. The Labute approximate surface area is 173 Å². The fourth-order valence-electron chi connectivity index (χ4n) is 3.50. The molecule has 28 heavy (non-hydrogen) atoms. The van der Waals surface area contributed by atoms with Crippen molar-refractivity contribution in [2.45, 2.75) is 38.4 Å². The molecule has 1 aliphatic heterocycles. The van der Waals surface area contributed by atoms with Crippen LogP contribution >= 0.6 is 23.2 Å². The number of rotatable bonds is 5. The topological polar surface area (TPSA) is 95.7 Å². The summed E-state index contributed by atoms with van der Waals surface area (Å²) in [6, 6.07) is 10.2. The summed E-state index contributed by atoms with van der Waals surface area (Å²) in [4.78, 5) is 26.7. The zero-order valence-electron chi connectivity index (χ0n) is 15.3. The fraction of sp³-hybridized carbons (Fsp3) is 0.300. The summed E-state index contributed by atoms with van der Waals surface area (Å²) in [7, 11) is 0. The zero-order valence-corrected chi connectivity index (χ0v) is 16.8. The van der Waals surface area contributed by atoms with Crippen molar-refractivity contribution in [2.75, 3.05) is 10.2 Å². The van der Waals surface area contributed by atoms with Gasteiger partial charge in [-0.3, -0.25) is 9.69 Å². The van der Waals surface area contributed by atoms with Crippen molar-refractivity contribution < 1.29 is 14.7 Å². The lowest BCUT2D eigenvalue weighted by Crippen LogP contribution is -2.64. The molecule has 0 radical (unpaired) electrons. The average molecular weight is 422 g/mol. The van der Waals surface area contributed by atoms with Gasteiger partial charge in [0.2, 0.25) is 11.6 Å². The quantitative estimate of drug-likeness (QED) is 0.676. The van der Waals surface area contributed by atoms with E-state index < -0.39 is 11.6 Å². The minimum Gasteiger partial charge on any atom is -0.478 e. The molecule has 0 bridgehead atoms. The van der Waals surface area contributed by atoms with Crippen LogP contribution in [0.3, 0.4) is 0 Å². The number of halogens is 2. The van der Waals surface area contributed by atoms with E-state index >= 15 is 0 Å². The summed E-state index contributed by atoms with van der Waals surface area (Å²) >= 11 is 12.4. The maximum Gasteiger partial charge on any atom is 0.351 e. The molecule has 148 valence electrons. The molecule has 2 aromatic rings. The lowest BCUT2D eigenvalue weighted by molar-refractivity contribution is -0.144. The Kier molecular flexibility index (Phi) is 5.84. The van der Waals surface area contributed by atoms with Crippen LogP contribution in [0.2, 0.25) is 10.0 Å². The number of carbonyl (C=O) groups excluding carboxylic acids is 1. The highest BCUT2D eigenvalue weighted by Crippen LogP contribution is 2.40. The highest BCUT2D eigenvalue weighted by Gasteiger charge is 2.49. The summed E-state index contributed by atoms with van der Waals surface area (Å²) < 4.78 is 0. The minimum atomic E-state index is -1.65. The second kappa shape index (κ2) is 7.99. The van der Waals surface area contributed by atoms with Crippen molar-refractivity contribution in [3.05, 3.63) is 57.6 Å². The summed E-state index contributed by atoms with van der Waals surface area (Å²) in [5.74, 6) is -1.47. The largest absolute Gasteiger partial charge is 0.478 e. The first-order valence-corrected chi connectivity index (χ1v) is 9.69. The van der Waals surface area contributed by atoms with Gasteiger partial charge in [-0.2, -0.15) is 0 Å². The van der Waals surface area contributed by atoms with E-state index in [1.54, 1.807) is 43.3 Å². The van der Waals surface area contributed by atoms with Gasteiger partial charge in [0.25, 0.3) is 0 Å². The number of nitrogens with one attached hydrogen (secondary N) is 1. The fourth-order valence-corrected chi connectivity index (χ4v) is 4.09. The predicted molar refractivity (Wildman–Crippen MR) is 111 cm³/mol. The standard InChI is InChI=1S/C20H21Cl2N3O3/c1-2-18(26)25(14-5-3-12(11-23)4-6-14)20(19(27)28)8-7-15-16(22)9-13(21)10-17(15)24-20/h3-6,9-10,24H,2,7-8,11,23H2,1H3,(H,27,28). The Morgan fingerprint density at radius 1 is 1.25 bits per heavy atom. The van der Waals surface area contributed by atoms with Gasteiger partial charge in [-0.05, 0) is 41.8 Å². The molecule has 0 spiro atoms. The van der Waals surface area contributed by atoms with E-state index in [2.05, 4.69) is 5.32 Å². The lowest BCUT2D eigenvalue weighted by Gasteiger charge is -2.44. The first-order valence-electron chi connectivity index (χ1n) is 8.94. The molecule has 3 rings (SSSR count). The smallest absolute Gasteiger partial charge is 0.351 e. The van der Waals surface area contributed by atoms with Gasteiger partial charge >= 0.3 is 5.97 Å². The van der Waals surface area contributed by atoms with Crippen LogP contribution < -0.4 is 16.0 Å². The van der Waals surface area contributed by atoms with Crippen LogP contribution in [0.4, 0.5) is 11.4 Å². The highest BCUT2D eigenvalue weighted by molar-refractivity contribution is 6.35. The number of nitrogens with zero attached hydrogens (tertiary/aromatic N) is 1. The molecule has 0 aromatic heterocycles. The van der Waals surface area contributed by atoms with Gasteiger partial charge in [-0.15, -0.1) is 0 Å². The summed E-state index contributed by atoms with van der Waals surface area (Å²) in [6.07, 6.45) is 0.693. The second-order valence-corrected chi connectivity index (χ2v) is 7.50. The van der Waals surface area contributed by atoms with Crippen molar-refractivity contribution >= 4 is 46.5 Å². The van der Waals surface area contributed by atoms with E-state index in [9.17, 15) is 14.7 Å². The van der Waals surface area contributed by atoms with Crippen LogP contribution in [0, 0.1) is 0 Å². The highest BCUT2D eigenvalue weighted by atomic mass is 35.5. The zero-order chi connectivity index (χ0) is 20.5. The Morgan fingerprint density at radius 2 is 1.93 bits per heavy atom. The van der Waals surface area contributed by atoms with E-state index in [0.717, 1.165) is 11.1 Å². The molecule has 1 atom stereocenters. The number of aliphatic carboxylic acids is 1. The molecule has 4 N–H and O–H groups in total. The van der Waals surface area contributed by atoms with Crippen molar-refractivity contribution in [1.29, 1.82) is 0 Å². The first kappa shape index (κ1) is 20.5. The van der Waals surface area contributed by atoms with E-state index in [1.807, 2.05) is 0 Å². The SMILES string of the molecule is CCC(=O)N(c1ccc(CN)cc1)C1(C(=O)O)CCc2c(Cl)cc(Cl)cc2N1. The molecule has 2 aromatic carbocycles. The lowest BCUT2D eigenvalue weighted by atomic mass is 9.90. The molecule has 8 heteroatoms. The number of carboxylic acids is 1. The van der Waals surface area contributed by atoms with E-state index in [4.69, 9.17) is 28.9 Å². The van der Waals surface area contributed by atoms with E-state index in [0.29, 0.717) is 34.4 Å². The molecule has 6 nitrogen and oxygen atoms in total. The molecule has 1 heterocycles. The van der Waals surface area contributed by atoms with Gasteiger partial charge in [0.1, 0.15) is 0 Å². The van der Waals surface area contributed by atoms with Gasteiger partial charge in [0.15, 0.2) is 0 Å². The Balaban J connectivity index is 2.13. The first-order chi connectivity index (χ1) is 13.3. The predicted octanol–water partition coefficient (Wildman–Crippen LogP) is 4.03. The van der Waals surface area contributed by atoms with Crippen LogP contribution in [-0.2, 0) is 22.6 Å². The second-order valence-electron chi connectivity index (χ2n) is 6.66. The van der Waals surface area contributed by atoms with Crippen molar-refractivity contribution in [2.24, 2.45) is 5.73 Å². The van der Waals surface area contributed by atoms with Crippen LogP contribution in [0.25, 0.3) is 0 Å². The number of hydrogen-bond donors (Lipinski definition) is 3. The van der Waals surface area contributed by atoms with Crippen molar-refractivity contribution in [3.63, 3.8) is 0 Å².